The minimum Gasteiger partial charge on any atom is -0.481 e. The molecule has 0 aromatic carbocycles. The van der Waals surface area contributed by atoms with Crippen molar-refractivity contribution < 1.29 is 19.8 Å². The highest BCUT2D eigenvalue weighted by Crippen LogP contribution is 2.25. The van der Waals surface area contributed by atoms with Gasteiger partial charge in [0.1, 0.15) is 0 Å². The molecule has 1 aromatic heterocycles. The second-order valence-electron chi connectivity index (χ2n) is 4.26. The lowest BCUT2D eigenvalue weighted by Gasteiger charge is -2.05. The zero-order chi connectivity index (χ0) is 13.9. The number of carbonyl (C=O) groups is 2. The van der Waals surface area contributed by atoms with E-state index in [9.17, 15) is 9.59 Å². The van der Waals surface area contributed by atoms with Crippen LogP contribution in [-0.2, 0) is 42.3 Å². The predicted octanol–water partition coefficient (Wildman–Crippen LogP) is 1.40. The van der Waals surface area contributed by atoms with Crippen LogP contribution >= 0.6 is 0 Å². The van der Waals surface area contributed by atoms with Crippen molar-refractivity contribution in [2.45, 2.75) is 39.5 Å². The van der Waals surface area contributed by atoms with Gasteiger partial charge in [-0.1, -0.05) is 13.8 Å². The Balaban J connectivity index is 3.37. The maximum absolute atomic E-state index is 10.9. The molecular formula is C13H19NO4. The van der Waals surface area contributed by atoms with E-state index in [0.717, 1.165) is 35.4 Å². The SMILES string of the molecule is CCc1c(CC)c(CC(=O)O)n(C)c1CC(=O)O. The third-order valence-electron chi connectivity index (χ3n) is 3.22. The Morgan fingerprint density at radius 2 is 1.28 bits per heavy atom. The van der Waals surface area contributed by atoms with Gasteiger partial charge in [-0.3, -0.25) is 9.59 Å². The van der Waals surface area contributed by atoms with Crippen LogP contribution in [0.15, 0.2) is 0 Å². The highest BCUT2D eigenvalue weighted by Gasteiger charge is 2.21. The van der Waals surface area contributed by atoms with Gasteiger partial charge in [-0.05, 0) is 24.0 Å². The lowest BCUT2D eigenvalue weighted by atomic mass is 10.0. The number of rotatable bonds is 6. The van der Waals surface area contributed by atoms with Crippen molar-refractivity contribution in [3.63, 3.8) is 0 Å². The molecule has 1 aromatic rings. The molecule has 0 amide bonds. The van der Waals surface area contributed by atoms with Crippen molar-refractivity contribution >= 4 is 11.9 Å². The maximum Gasteiger partial charge on any atom is 0.309 e. The number of hydrogen-bond donors (Lipinski definition) is 2. The molecule has 0 fully saturated rings. The van der Waals surface area contributed by atoms with E-state index in [-0.39, 0.29) is 12.8 Å². The van der Waals surface area contributed by atoms with Crippen LogP contribution in [0.4, 0.5) is 0 Å². The monoisotopic (exact) mass is 253 g/mol. The van der Waals surface area contributed by atoms with Gasteiger partial charge in [-0.25, -0.2) is 0 Å². The number of hydrogen-bond acceptors (Lipinski definition) is 2. The average molecular weight is 253 g/mol. The van der Waals surface area contributed by atoms with Gasteiger partial charge >= 0.3 is 11.9 Å². The topological polar surface area (TPSA) is 79.5 Å². The van der Waals surface area contributed by atoms with Crippen LogP contribution < -0.4 is 0 Å². The molecule has 5 nitrogen and oxygen atoms in total. The van der Waals surface area contributed by atoms with E-state index in [4.69, 9.17) is 10.2 Å². The lowest BCUT2D eigenvalue weighted by Crippen LogP contribution is -2.11. The summed E-state index contributed by atoms with van der Waals surface area (Å²) in [4.78, 5) is 21.8. The Kier molecular flexibility index (Phi) is 4.53. The fourth-order valence-corrected chi connectivity index (χ4v) is 2.49. The molecule has 0 spiro atoms. The Morgan fingerprint density at radius 3 is 1.50 bits per heavy atom. The number of aliphatic carboxylic acids is 2. The van der Waals surface area contributed by atoms with Crippen molar-refractivity contribution in [2.24, 2.45) is 7.05 Å². The van der Waals surface area contributed by atoms with Crippen LogP contribution in [0.5, 0.6) is 0 Å². The molecule has 2 N–H and O–H groups in total. The summed E-state index contributed by atoms with van der Waals surface area (Å²) in [6, 6.07) is 0. The van der Waals surface area contributed by atoms with E-state index >= 15 is 0 Å². The van der Waals surface area contributed by atoms with Gasteiger partial charge in [0, 0.05) is 18.4 Å². The summed E-state index contributed by atoms with van der Waals surface area (Å²) < 4.78 is 1.74. The van der Waals surface area contributed by atoms with Gasteiger partial charge in [0.15, 0.2) is 0 Å². The van der Waals surface area contributed by atoms with Crippen LogP contribution in [0.3, 0.4) is 0 Å². The summed E-state index contributed by atoms with van der Waals surface area (Å²) >= 11 is 0. The fraction of sp³-hybridized carbons (Fsp3) is 0.538. The second kappa shape index (κ2) is 5.71. The van der Waals surface area contributed by atoms with Gasteiger partial charge in [-0.15, -0.1) is 0 Å². The molecular weight excluding hydrogens is 234 g/mol. The molecule has 5 heteroatoms. The molecule has 1 heterocycles. The molecule has 0 aliphatic rings. The van der Waals surface area contributed by atoms with Crippen LogP contribution in [0.2, 0.25) is 0 Å². The first-order chi connectivity index (χ1) is 8.42. The first-order valence-corrected chi connectivity index (χ1v) is 6.04. The Hall–Kier alpha value is -1.78. The summed E-state index contributed by atoms with van der Waals surface area (Å²) in [6.07, 6.45) is 1.32. The minimum absolute atomic E-state index is 0.0632. The van der Waals surface area contributed by atoms with Crippen LogP contribution in [0.1, 0.15) is 36.4 Å². The van der Waals surface area contributed by atoms with E-state index in [1.54, 1.807) is 11.6 Å². The third-order valence-corrected chi connectivity index (χ3v) is 3.22. The van der Waals surface area contributed by atoms with Crippen molar-refractivity contribution in [1.82, 2.24) is 4.57 Å². The highest BCUT2D eigenvalue weighted by molar-refractivity contribution is 5.73. The summed E-state index contributed by atoms with van der Waals surface area (Å²) in [5, 5.41) is 17.9. The van der Waals surface area contributed by atoms with Crippen molar-refractivity contribution in [1.29, 1.82) is 0 Å². The van der Waals surface area contributed by atoms with Crippen LogP contribution in [-0.4, -0.2) is 26.7 Å². The Morgan fingerprint density at radius 1 is 0.944 bits per heavy atom. The van der Waals surface area contributed by atoms with E-state index in [2.05, 4.69) is 0 Å². The summed E-state index contributed by atoms with van der Waals surface area (Å²) in [6.45, 7) is 3.93. The van der Waals surface area contributed by atoms with E-state index in [1.807, 2.05) is 13.8 Å². The van der Waals surface area contributed by atoms with E-state index in [1.165, 1.54) is 0 Å². The summed E-state index contributed by atoms with van der Waals surface area (Å²) in [7, 11) is 1.74. The molecule has 18 heavy (non-hydrogen) atoms. The summed E-state index contributed by atoms with van der Waals surface area (Å²) in [5.74, 6) is -1.79. The molecule has 0 unspecified atom stereocenters. The lowest BCUT2D eigenvalue weighted by molar-refractivity contribution is -0.137. The number of carboxylic acids is 2. The van der Waals surface area contributed by atoms with Crippen LogP contribution in [0.25, 0.3) is 0 Å². The quantitative estimate of drug-likeness (QED) is 0.803. The van der Waals surface area contributed by atoms with Gasteiger partial charge in [-0.2, -0.15) is 0 Å². The molecule has 0 saturated heterocycles. The van der Waals surface area contributed by atoms with Gasteiger partial charge in [0.2, 0.25) is 0 Å². The number of aromatic nitrogens is 1. The van der Waals surface area contributed by atoms with Crippen molar-refractivity contribution in [3.05, 3.63) is 22.5 Å². The number of nitrogens with zero attached hydrogens (tertiary/aromatic N) is 1. The first kappa shape index (κ1) is 14.3. The standard InChI is InChI=1S/C13H19NO4/c1-4-8-9(5-2)11(7-13(17)18)14(3)10(8)6-12(15)16/h4-7H2,1-3H3,(H,15,16)(H,17,18). The Labute approximate surface area is 106 Å². The van der Waals surface area contributed by atoms with Gasteiger partial charge in [0.05, 0.1) is 12.8 Å². The molecule has 100 valence electrons. The van der Waals surface area contributed by atoms with E-state index < -0.39 is 11.9 Å². The number of carboxylic acid groups (broad SMARTS) is 2. The van der Waals surface area contributed by atoms with Crippen molar-refractivity contribution in [3.8, 4) is 0 Å². The van der Waals surface area contributed by atoms with Gasteiger partial charge < -0.3 is 14.8 Å². The third kappa shape index (κ3) is 2.72. The first-order valence-electron chi connectivity index (χ1n) is 6.04. The molecule has 0 saturated carbocycles. The van der Waals surface area contributed by atoms with Crippen LogP contribution in [0, 0.1) is 0 Å². The molecule has 0 aliphatic heterocycles. The van der Waals surface area contributed by atoms with E-state index in [0.29, 0.717) is 0 Å². The fourth-order valence-electron chi connectivity index (χ4n) is 2.49. The molecule has 0 atom stereocenters. The smallest absolute Gasteiger partial charge is 0.309 e. The largest absolute Gasteiger partial charge is 0.481 e. The Bertz CT molecular complexity index is 432. The zero-order valence-electron chi connectivity index (χ0n) is 11.0. The molecule has 0 radical (unpaired) electrons. The molecule has 1 rings (SSSR count). The molecule has 0 bridgehead atoms. The summed E-state index contributed by atoms with van der Waals surface area (Å²) in [5.41, 5.74) is 3.41. The normalized spacial score (nSPS) is 10.6. The average Bonchev–Trinajstić information content (AvgIpc) is 2.52. The zero-order valence-corrected chi connectivity index (χ0v) is 11.0. The van der Waals surface area contributed by atoms with Gasteiger partial charge in [0.25, 0.3) is 0 Å². The predicted molar refractivity (Wildman–Crippen MR) is 66.8 cm³/mol. The second-order valence-corrected chi connectivity index (χ2v) is 4.26. The highest BCUT2D eigenvalue weighted by atomic mass is 16.4. The van der Waals surface area contributed by atoms with Crippen molar-refractivity contribution in [2.75, 3.05) is 0 Å². The maximum atomic E-state index is 10.9. The molecule has 0 aliphatic carbocycles. The minimum atomic E-state index is -0.894.